The highest BCUT2D eigenvalue weighted by molar-refractivity contribution is 7.89. The summed E-state index contributed by atoms with van der Waals surface area (Å²) in [5, 5.41) is 6.88. The number of sulfonamides is 1. The van der Waals surface area contributed by atoms with Crippen LogP contribution in [0.25, 0.3) is 10.8 Å². The number of alkyl carbamates (subject to hydrolysis) is 1. The van der Waals surface area contributed by atoms with Gasteiger partial charge in [0.2, 0.25) is 21.8 Å². The Labute approximate surface area is 246 Å². The highest BCUT2D eigenvalue weighted by atomic mass is 32.2. The quantitative estimate of drug-likeness (QED) is 0.245. The zero-order valence-corrected chi connectivity index (χ0v) is 24.2. The van der Waals surface area contributed by atoms with Crippen molar-refractivity contribution in [3.8, 4) is 0 Å². The number of hydrogen-bond donors (Lipinski definition) is 2. The Balaban J connectivity index is 1.38. The number of amides is 3. The lowest BCUT2D eigenvalue weighted by Gasteiger charge is -2.36. The summed E-state index contributed by atoms with van der Waals surface area (Å²) < 4.78 is 33.8. The third-order valence-corrected chi connectivity index (χ3v) is 9.08. The van der Waals surface area contributed by atoms with Crippen LogP contribution in [0.1, 0.15) is 24.8 Å². The molecule has 4 rings (SSSR count). The fourth-order valence-electron chi connectivity index (χ4n) is 4.85. The first-order chi connectivity index (χ1) is 20.3. The minimum atomic E-state index is -3.78. The number of nitrogens with zero attached hydrogens (tertiary/aromatic N) is 2. The SMILES string of the molecule is C=CC(=O)NCCCC[C@H](NC(=O)OCc1ccccc1)C(=O)N1CCN(S(=O)(=O)c2cccc3ccccc23)CC1. The molecule has 0 bridgehead atoms. The molecule has 0 spiro atoms. The minimum absolute atomic E-state index is 0.0614. The highest BCUT2D eigenvalue weighted by Gasteiger charge is 2.33. The molecule has 1 heterocycles. The molecule has 0 radical (unpaired) electrons. The van der Waals surface area contributed by atoms with E-state index in [-0.39, 0.29) is 49.5 Å². The van der Waals surface area contributed by atoms with E-state index in [9.17, 15) is 22.8 Å². The molecule has 10 nitrogen and oxygen atoms in total. The van der Waals surface area contributed by atoms with E-state index in [2.05, 4.69) is 17.2 Å². The van der Waals surface area contributed by atoms with Gasteiger partial charge in [-0.2, -0.15) is 4.31 Å². The Morgan fingerprint density at radius 3 is 2.33 bits per heavy atom. The Morgan fingerprint density at radius 2 is 1.60 bits per heavy atom. The Hall–Kier alpha value is -4.22. The van der Waals surface area contributed by atoms with Crippen molar-refractivity contribution in [2.75, 3.05) is 32.7 Å². The van der Waals surface area contributed by atoms with E-state index in [1.54, 1.807) is 23.1 Å². The summed E-state index contributed by atoms with van der Waals surface area (Å²) in [5.41, 5.74) is 0.817. The molecule has 1 saturated heterocycles. The predicted molar refractivity (Wildman–Crippen MR) is 160 cm³/mol. The van der Waals surface area contributed by atoms with Gasteiger partial charge in [-0.25, -0.2) is 13.2 Å². The van der Waals surface area contributed by atoms with E-state index in [0.717, 1.165) is 10.9 Å². The molecule has 3 aromatic carbocycles. The van der Waals surface area contributed by atoms with Crippen molar-refractivity contribution >= 4 is 38.7 Å². The molecule has 0 aromatic heterocycles. The molecule has 1 fully saturated rings. The molecule has 1 aliphatic rings. The second-order valence-electron chi connectivity index (χ2n) is 9.96. The average Bonchev–Trinajstić information content (AvgIpc) is 3.02. The summed E-state index contributed by atoms with van der Waals surface area (Å²) in [6, 6.07) is 20.9. The van der Waals surface area contributed by atoms with E-state index in [0.29, 0.717) is 31.2 Å². The number of piperazine rings is 1. The van der Waals surface area contributed by atoms with Gasteiger partial charge in [0.05, 0.1) is 4.90 Å². The normalized spacial score (nSPS) is 14.6. The molecule has 3 amide bonds. The Bertz CT molecular complexity index is 1500. The highest BCUT2D eigenvalue weighted by Crippen LogP contribution is 2.26. The second-order valence-corrected chi connectivity index (χ2v) is 11.9. The van der Waals surface area contributed by atoms with Gasteiger partial charge in [-0.15, -0.1) is 0 Å². The number of carbonyl (C=O) groups is 3. The number of unbranched alkanes of at least 4 members (excludes halogenated alkanes) is 1. The fourth-order valence-corrected chi connectivity index (χ4v) is 6.49. The van der Waals surface area contributed by atoms with Crippen molar-refractivity contribution < 1.29 is 27.5 Å². The van der Waals surface area contributed by atoms with Crippen LogP contribution in [0.2, 0.25) is 0 Å². The molecule has 222 valence electrons. The van der Waals surface area contributed by atoms with Crippen molar-refractivity contribution in [3.63, 3.8) is 0 Å². The third kappa shape index (κ3) is 7.95. The topological polar surface area (TPSA) is 125 Å². The van der Waals surface area contributed by atoms with Crippen LogP contribution in [0.4, 0.5) is 4.79 Å². The molecule has 1 aliphatic heterocycles. The smallest absolute Gasteiger partial charge is 0.408 e. The van der Waals surface area contributed by atoms with Gasteiger partial charge < -0.3 is 20.3 Å². The van der Waals surface area contributed by atoms with E-state index in [1.165, 1.54) is 10.4 Å². The predicted octanol–water partition coefficient (Wildman–Crippen LogP) is 3.44. The van der Waals surface area contributed by atoms with Gasteiger partial charge in [0.1, 0.15) is 12.6 Å². The summed E-state index contributed by atoms with van der Waals surface area (Å²) >= 11 is 0. The van der Waals surface area contributed by atoms with Crippen molar-refractivity contribution in [1.29, 1.82) is 0 Å². The molecule has 2 N–H and O–H groups in total. The summed E-state index contributed by atoms with van der Waals surface area (Å²) in [6.07, 6.45) is 1.96. The summed E-state index contributed by atoms with van der Waals surface area (Å²) in [6.45, 7) is 4.54. The number of nitrogens with one attached hydrogen (secondary N) is 2. The zero-order chi connectivity index (χ0) is 30.0. The first-order valence-corrected chi connectivity index (χ1v) is 15.4. The van der Waals surface area contributed by atoms with E-state index in [1.807, 2.05) is 54.6 Å². The summed E-state index contributed by atoms with van der Waals surface area (Å²) in [5.74, 6) is -0.578. The van der Waals surface area contributed by atoms with Gasteiger partial charge in [0, 0.05) is 38.1 Å². The molecular weight excluding hydrogens is 556 g/mol. The van der Waals surface area contributed by atoms with Crippen molar-refractivity contribution in [3.05, 3.63) is 91.0 Å². The third-order valence-electron chi connectivity index (χ3n) is 7.12. The second kappa shape index (κ2) is 14.6. The standard InChI is InChI=1S/C31H36N4O6S/c1-2-29(36)32-18-9-8-16-27(33-31(38)41-23-24-11-4-3-5-12-24)30(37)34-19-21-35(22-20-34)42(39,40)28-17-10-14-25-13-6-7-15-26(25)28/h2-7,10-15,17,27H,1,8-9,16,18-23H2,(H,32,36)(H,33,38)/t27-/m0/s1. The van der Waals surface area contributed by atoms with Crippen LogP contribution in [0.3, 0.4) is 0 Å². The number of ether oxygens (including phenoxy) is 1. The van der Waals surface area contributed by atoms with Gasteiger partial charge in [-0.1, -0.05) is 73.3 Å². The van der Waals surface area contributed by atoms with E-state index >= 15 is 0 Å². The van der Waals surface area contributed by atoms with Crippen molar-refractivity contribution in [1.82, 2.24) is 19.8 Å². The van der Waals surface area contributed by atoms with Crippen LogP contribution < -0.4 is 10.6 Å². The maximum atomic E-state index is 13.5. The fraction of sp³-hybridized carbons (Fsp3) is 0.323. The first-order valence-electron chi connectivity index (χ1n) is 13.9. The molecule has 1 atom stereocenters. The van der Waals surface area contributed by atoms with Crippen LogP contribution >= 0.6 is 0 Å². The van der Waals surface area contributed by atoms with Gasteiger partial charge >= 0.3 is 6.09 Å². The molecular formula is C31H36N4O6S. The van der Waals surface area contributed by atoms with Gasteiger partial charge in [0.15, 0.2) is 0 Å². The molecule has 0 saturated carbocycles. The van der Waals surface area contributed by atoms with Crippen LogP contribution in [0.5, 0.6) is 0 Å². The van der Waals surface area contributed by atoms with Crippen molar-refractivity contribution in [2.24, 2.45) is 0 Å². The number of rotatable bonds is 12. The number of carbonyl (C=O) groups excluding carboxylic acids is 3. The van der Waals surface area contributed by atoms with Crippen LogP contribution in [-0.2, 0) is 31.0 Å². The van der Waals surface area contributed by atoms with Crippen LogP contribution in [0.15, 0.2) is 90.3 Å². The lowest BCUT2D eigenvalue weighted by Crippen LogP contribution is -2.55. The van der Waals surface area contributed by atoms with Crippen LogP contribution in [0, 0.1) is 0 Å². The van der Waals surface area contributed by atoms with E-state index < -0.39 is 22.2 Å². The van der Waals surface area contributed by atoms with Gasteiger partial charge in [-0.05, 0) is 42.4 Å². The summed E-state index contributed by atoms with van der Waals surface area (Å²) in [4.78, 5) is 39.4. The zero-order valence-electron chi connectivity index (χ0n) is 23.4. The lowest BCUT2D eigenvalue weighted by molar-refractivity contribution is -0.134. The maximum Gasteiger partial charge on any atom is 0.408 e. The molecule has 11 heteroatoms. The number of hydrogen-bond acceptors (Lipinski definition) is 6. The van der Waals surface area contributed by atoms with Crippen LogP contribution in [-0.4, -0.2) is 74.3 Å². The monoisotopic (exact) mass is 592 g/mol. The first kappa shape index (κ1) is 30.7. The van der Waals surface area contributed by atoms with E-state index in [4.69, 9.17) is 4.74 Å². The molecule has 42 heavy (non-hydrogen) atoms. The van der Waals surface area contributed by atoms with Gasteiger partial charge in [-0.3, -0.25) is 9.59 Å². The lowest BCUT2D eigenvalue weighted by atomic mass is 10.1. The maximum absolute atomic E-state index is 13.5. The summed E-state index contributed by atoms with van der Waals surface area (Å²) in [7, 11) is -3.78. The number of fused-ring (bicyclic) bond motifs is 1. The van der Waals surface area contributed by atoms with Gasteiger partial charge in [0.25, 0.3) is 0 Å². The number of benzene rings is 3. The molecule has 3 aromatic rings. The Morgan fingerprint density at radius 1 is 0.905 bits per heavy atom. The molecule has 0 aliphatic carbocycles. The Kier molecular flexibility index (Phi) is 10.7. The average molecular weight is 593 g/mol. The van der Waals surface area contributed by atoms with Crippen molar-refractivity contribution in [2.45, 2.75) is 36.8 Å². The molecule has 0 unspecified atom stereocenters. The minimum Gasteiger partial charge on any atom is -0.445 e. The largest absolute Gasteiger partial charge is 0.445 e.